The van der Waals surface area contributed by atoms with Crippen LogP contribution in [0.5, 0.6) is 0 Å². The van der Waals surface area contributed by atoms with Gasteiger partial charge in [0.05, 0.1) is 0 Å². The molecule has 0 rings (SSSR count). The van der Waals surface area contributed by atoms with E-state index in [2.05, 4.69) is 53.9 Å². The van der Waals surface area contributed by atoms with Gasteiger partial charge in [-0.25, -0.2) is 0 Å². The fourth-order valence-corrected chi connectivity index (χ4v) is 8.76. The van der Waals surface area contributed by atoms with Crippen molar-refractivity contribution in [3.05, 3.63) is 0 Å². The highest BCUT2D eigenvalue weighted by atomic mass is 16.5. The quantitative estimate of drug-likeness (QED) is 0.0452. The molecule has 4 N–H and O–H groups in total. The van der Waals surface area contributed by atoms with Gasteiger partial charge in [0.1, 0.15) is 0 Å². The Morgan fingerprint density at radius 2 is 0.588 bits per heavy atom. The Morgan fingerprint density at radius 1 is 0.309 bits per heavy atom. The van der Waals surface area contributed by atoms with E-state index in [1.54, 1.807) is 7.11 Å². The highest BCUT2D eigenvalue weighted by Crippen LogP contribution is 2.14. The predicted octanol–water partition coefficient (Wildman–Crippen LogP) is 15.3. The highest BCUT2D eigenvalue weighted by molar-refractivity contribution is 5.77. The minimum Gasteiger partial charge on any atom is -0.385 e. The molecule has 0 bridgehead atoms. The summed E-state index contributed by atoms with van der Waals surface area (Å²) in [6, 6.07) is 0. The standard InChI is InChI=1S/C38H77N3O3.C21H44N2O/c1-4-6-8-10-12-14-16-18-20-22-24-26-31-39-37(42)29-34-41(33-28-36-44-3)35-30-38(43)40-32-27-25-23-21-19-17-15-13-11-9-7-5-2;1-3-5-7-8-9-10-11-12-13-14-15-16-19-23-21(24)17-20-22-18-6-4-2/h4-36H2,1-3H3,(H,39,42)(H,40,43);22H,3-20H2,1-2H3,(H,23,24). The van der Waals surface area contributed by atoms with Gasteiger partial charge in [-0.3, -0.25) is 14.4 Å². The average Bonchev–Trinajstić information content (AvgIpc) is 3.34. The van der Waals surface area contributed by atoms with E-state index >= 15 is 0 Å². The summed E-state index contributed by atoms with van der Waals surface area (Å²) in [7, 11) is 1.72. The zero-order valence-corrected chi connectivity index (χ0v) is 46.6. The van der Waals surface area contributed by atoms with Gasteiger partial charge in [-0.15, -0.1) is 0 Å². The van der Waals surface area contributed by atoms with Crippen molar-refractivity contribution in [2.45, 2.75) is 297 Å². The molecule has 0 aliphatic carbocycles. The van der Waals surface area contributed by atoms with Crippen molar-refractivity contribution in [1.29, 1.82) is 0 Å². The Hall–Kier alpha value is -1.71. The molecular weight excluding hydrogens is 843 g/mol. The molecule has 0 aromatic rings. The van der Waals surface area contributed by atoms with Gasteiger partial charge in [0, 0.05) is 78.8 Å². The van der Waals surface area contributed by atoms with E-state index in [9.17, 15) is 14.4 Å². The first-order valence-electron chi connectivity index (χ1n) is 30.2. The highest BCUT2D eigenvalue weighted by Gasteiger charge is 2.11. The number of amides is 3. The lowest BCUT2D eigenvalue weighted by atomic mass is 10.1. The summed E-state index contributed by atoms with van der Waals surface area (Å²) in [6.07, 6.45) is 53.2. The van der Waals surface area contributed by atoms with Crippen LogP contribution in [-0.2, 0) is 19.1 Å². The maximum atomic E-state index is 12.4. The summed E-state index contributed by atoms with van der Waals surface area (Å²) in [4.78, 5) is 38.7. The van der Waals surface area contributed by atoms with Gasteiger partial charge >= 0.3 is 0 Å². The molecule has 0 saturated heterocycles. The third-order valence-electron chi connectivity index (χ3n) is 13.4. The van der Waals surface area contributed by atoms with Gasteiger partial charge in [-0.05, 0) is 38.6 Å². The van der Waals surface area contributed by atoms with Crippen LogP contribution in [0.4, 0.5) is 0 Å². The molecule has 0 aliphatic heterocycles. The molecule has 0 fully saturated rings. The summed E-state index contributed by atoms with van der Waals surface area (Å²) in [6.45, 7) is 16.2. The van der Waals surface area contributed by atoms with Crippen molar-refractivity contribution in [3.63, 3.8) is 0 Å². The molecule has 0 heterocycles. The largest absolute Gasteiger partial charge is 0.385 e. The van der Waals surface area contributed by atoms with Crippen LogP contribution >= 0.6 is 0 Å². The van der Waals surface area contributed by atoms with Crippen molar-refractivity contribution in [1.82, 2.24) is 26.2 Å². The Bertz CT molecular complexity index is 954. The van der Waals surface area contributed by atoms with Crippen molar-refractivity contribution in [2.75, 3.05) is 66.1 Å². The third-order valence-corrected chi connectivity index (χ3v) is 13.4. The number of carbonyl (C=O) groups is 3. The zero-order valence-electron chi connectivity index (χ0n) is 46.6. The summed E-state index contributed by atoms with van der Waals surface area (Å²) < 4.78 is 5.22. The second kappa shape index (κ2) is 61.4. The van der Waals surface area contributed by atoms with E-state index in [4.69, 9.17) is 4.74 Å². The van der Waals surface area contributed by atoms with E-state index in [0.29, 0.717) is 39.0 Å². The van der Waals surface area contributed by atoms with E-state index in [0.717, 1.165) is 65.0 Å². The van der Waals surface area contributed by atoms with Crippen LogP contribution in [0.25, 0.3) is 0 Å². The predicted molar refractivity (Wildman–Crippen MR) is 297 cm³/mol. The van der Waals surface area contributed by atoms with Crippen molar-refractivity contribution in [3.8, 4) is 0 Å². The number of carbonyl (C=O) groups excluding carboxylic acids is 3. The topological polar surface area (TPSA) is 112 Å². The maximum absolute atomic E-state index is 12.4. The molecule has 0 aromatic carbocycles. The van der Waals surface area contributed by atoms with Crippen molar-refractivity contribution < 1.29 is 19.1 Å². The van der Waals surface area contributed by atoms with Crippen LogP contribution in [0.2, 0.25) is 0 Å². The van der Waals surface area contributed by atoms with Crippen LogP contribution in [0.3, 0.4) is 0 Å². The van der Waals surface area contributed by atoms with Gasteiger partial charge in [0.25, 0.3) is 0 Å². The Balaban J connectivity index is 0. The first kappa shape index (κ1) is 68.4. The van der Waals surface area contributed by atoms with Crippen LogP contribution in [0, 0.1) is 0 Å². The van der Waals surface area contributed by atoms with Gasteiger partial charge < -0.3 is 30.9 Å². The van der Waals surface area contributed by atoms with Crippen LogP contribution in [0.1, 0.15) is 297 Å². The lowest BCUT2D eigenvalue weighted by molar-refractivity contribution is -0.122. The summed E-state index contributed by atoms with van der Waals surface area (Å²) >= 11 is 0. The average molecular weight is 965 g/mol. The summed E-state index contributed by atoms with van der Waals surface area (Å²) in [5.74, 6) is 0.449. The smallest absolute Gasteiger partial charge is 0.221 e. The van der Waals surface area contributed by atoms with Gasteiger partial charge in [-0.2, -0.15) is 0 Å². The van der Waals surface area contributed by atoms with E-state index in [1.165, 1.54) is 225 Å². The van der Waals surface area contributed by atoms with E-state index in [-0.39, 0.29) is 17.7 Å². The normalized spacial score (nSPS) is 11.2. The number of nitrogens with zero attached hydrogens (tertiary/aromatic N) is 1. The lowest BCUT2D eigenvalue weighted by Crippen LogP contribution is -2.35. The number of unbranched alkanes of at least 4 members (excludes halogenated alkanes) is 34. The molecule has 0 spiro atoms. The van der Waals surface area contributed by atoms with Crippen LogP contribution in [-0.4, -0.2) is 88.7 Å². The van der Waals surface area contributed by atoms with Gasteiger partial charge in [0.15, 0.2) is 0 Å². The molecule has 0 aromatic heterocycles. The molecule has 0 atom stereocenters. The Labute approximate surface area is 424 Å². The fraction of sp³-hybridized carbons (Fsp3) is 0.949. The number of ether oxygens (including phenoxy) is 1. The second-order valence-electron chi connectivity index (χ2n) is 20.3. The fourth-order valence-electron chi connectivity index (χ4n) is 8.76. The maximum Gasteiger partial charge on any atom is 0.221 e. The first-order chi connectivity index (χ1) is 33.4. The molecule has 406 valence electrons. The molecule has 0 radical (unpaired) electrons. The Morgan fingerprint density at radius 3 is 0.882 bits per heavy atom. The monoisotopic (exact) mass is 964 g/mol. The van der Waals surface area contributed by atoms with Crippen LogP contribution < -0.4 is 21.3 Å². The third kappa shape index (κ3) is 60.4. The minimum atomic E-state index is 0.126. The summed E-state index contributed by atoms with van der Waals surface area (Å²) in [5, 5.41) is 12.5. The SMILES string of the molecule is CCCCCCCCCCCCCCNC(=O)CCN(CCCOC)CCC(=O)NCCCCCCCCCCCCCC.CCCCCCCCCCCCCCNC(=O)CCNCCCC. The summed E-state index contributed by atoms with van der Waals surface area (Å²) in [5.41, 5.74) is 0. The molecule has 0 aliphatic rings. The second-order valence-corrected chi connectivity index (χ2v) is 20.3. The first-order valence-corrected chi connectivity index (χ1v) is 30.2. The van der Waals surface area contributed by atoms with E-state index < -0.39 is 0 Å². The number of hydrogen-bond acceptors (Lipinski definition) is 6. The number of methoxy groups -OCH3 is 1. The van der Waals surface area contributed by atoms with Gasteiger partial charge in [0.2, 0.25) is 17.7 Å². The Kier molecular flexibility index (Phi) is 61.7. The van der Waals surface area contributed by atoms with E-state index in [1.807, 2.05) is 0 Å². The van der Waals surface area contributed by atoms with Crippen LogP contribution in [0.15, 0.2) is 0 Å². The minimum absolute atomic E-state index is 0.126. The molecule has 9 nitrogen and oxygen atoms in total. The molecule has 0 saturated carbocycles. The molecule has 3 amide bonds. The number of rotatable bonds is 55. The molecular formula is C59H121N5O4. The van der Waals surface area contributed by atoms with Crippen molar-refractivity contribution >= 4 is 17.7 Å². The number of nitrogens with one attached hydrogen (secondary N) is 4. The van der Waals surface area contributed by atoms with Crippen molar-refractivity contribution in [2.24, 2.45) is 0 Å². The number of hydrogen-bond donors (Lipinski definition) is 4. The van der Waals surface area contributed by atoms with Gasteiger partial charge in [-0.1, -0.05) is 246 Å². The molecule has 68 heavy (non-hydrogen) atoms. The lowest BCUT2D eigenvalue weighted by Gasteiger charge is -2.21. The molecule has 0 unspecified atom stereocenters. The zero-order chi connectivity index (χ0) is 49.9. The molecule has 9 heteroatoms.